The SMILES string of the molecule is CC(=O)OCCC[C@@H]1C[C@@H]2ON1CC[C@@H]2C(F)(F)F. The Hall–Kier alpha value is -0.820. The first-order valence-electron chi connectivity index (χ1n) is 6.51. The zero-order valence-electron chi connectivity index (χ0n) is 10.8. The topological polar surface area (TPSA) is 38.8 Å². The molecule has 1 unspecified atom stereocenters. The van der Waals surface area contributed by atoms with E-state index in [1.807, 2.05) is 0 Å². The van der Waals surface area contributed by atoms with Crippen molar-refractivity contribution in [3.8, 4) is 0 Å². The molecule has 0 aromatic heterocycles. The van der Waals surface area contributed by atoms with Crippen molar-refractivity contribution in [1.82, 2.24) is 5.06 Å². The number of hydrogen-bond donors (Lipinski definition) is 0. The first-order valence-corrected chi connectivity index (χ1v) is 6.51. The molecule has 2 fully saturated rings. The van der Waals surface area contributed by atoms with Crippen molar-refractivity contribution in [2.75, 3.05) is 13.2 Å². The van der Waals surface area contributed by atoms with Gasteiger partial charge in [-0.15, -0.1) is 0 Å². The van der Waals surface area contributed by atoms with Gasteiger partial charge in [0.15, 0.2) is 0 Å². The van der Waals surface area contributed by atoms with Crippen molar-refractivity contribution in [3.63, 3.8) is 0 Å². The molecular weight excluding hydrogens is 263 g/mol. The second-order valence-corrected chi connectivity index (χ2v) is 5.09. The van der Waals surface area contributed by atoms with Gasteiger partial charge in [-0.1, -0.05) is 0 Å². The minimum atomic E-state index is -4.18. The van der Waals surface area contributed by atoms with Crippen LogP contribution in [0.3, 0.4) is 0 Å². The fraction of sp³-hybridized carbons (Fsp3) is 0.917. The number of ether oxygens (including phenoxy) is 1. The molecule has 4 atom stereocenters. The molecule has 2 aliphatic heterocycles. The average Bonchev–Trinajstić information content (AvgIpc) is 2.59. The highest BCUT2D eigenvalue weighted by atomic mass is 19.4. The van der Waals surface area contributed by atoms with Crippen LogP contribution in [0.25, 0.3) is 0 Å². The van der Waals surface area contributed by atoms with Gasteiger partial charge in [0.2, 0.25) is 0 Å². The number of nitrogens with zero attached hydrogens (tertiary/aromatic N) is 1. The molecule has 110 valence electrons. The smallest absolute Gasteiger partial charge is 0.394 e. The van der Waals surface area contributed by atoms with E-state index in [-0.39, 0.29) is 18.4 Å². The molecule has 2 bridgehead atoms. The summed E-state index contributed by atoms with van der Waals surface area (Å²) < 4.78 is 43.1. The molecule has 0 radical (unpaired) electrons. The van der Waals surface area contributed by atoms with Gasteiger partial charge in [-0.3, -0.25) is 9.63 Å². The molecule has 2 saturated heterocycles. The standard InChI is InChI=1S/C12H18F3NO3/c1-8(17)18-6-2-3-9-7-11-10(12(13,14)15)4-5-16(9)19-11/h9-11H,2-7H2,1H3/t9-,10+,11+/m1/s1. The zero-order chi connectivity index (χ0) is 14.0. The highest BCUT2D eigenvalue weighted by Gasteiger charge is 2.52. The first-order chi connectivity index (χ1) is 8.88. The van der Waals surface area contributed by atoms with Gasteiger partial charge >= 0.3 is 12.1 Å². The van der Waals surface area contributed by atoms with Crippen LogP contribution in [0.2, 0.25) is 0 Å². The monoisotopic (exact) mass is 281 g/mol. The van der Waals surface area contributed by atoms with Crippen LogP contribution in [0, 0.1) is 5.92 Å². The lowest BCUT2D eigenvalue weighted by atomic mass is 9.94. The number of rotatable bonds is 4. The van der Waals surface area contributed by atoms with E-state index in [0.29, 0.717) is 32.4 Å². The van der Waals surface area contributed by atoms with E-state index in [9.17, 15) is 18.0 Å². The summed E-state index contributed by atoms with van der Waals surface area (Å²) in [5.41, 5.74) is 0. The van der Waals surface area contributed by atoms with Crippen LogP contribution >= 0.6 is 0 Å². The summed E-state index contributed by atoms with van der Waals surface area (Å²) in [6.45, 7) is 1.97. The fourth-order valence-corrected chi connectivity index (χ4v) is 2.79. The van der Waals surface area contributed by atoms with Crippen LogP contribution in [-0.2, 0) is 14.4 Å². The van der Waals surface area contributed by atoms with E-state index < -0.39 is 18.2 Å². The molecule has 2 rings (SSSR count). The van der Waals surface area contributed by atoms with Crippen LogP contribution in [0.4, 0.5) is 13.2 Å². The molecular formula is C12H18F3NO3. The Balaban J connectivity index is 1.79. The van der Waals surface area contributed by atoms with Crippen molar-refractivity contribution in [3.05, 3.63) is 0 Å². The number of carbonyl (C=O) groups excluding carboxylic acids is 1. The van der Waals surface area contributed by atoms with E-state index in [1.165, 1.54) is 6.92 Å². The summed E-state index contributed by atoms with van der Waals surface area (Å²) in [4.78, 5) is 15.9. The maximum absolute atomic E-state index is 12.8. The van der Waals surface area contributed by atoms with E-state index in [0.717, 1.165) is 0 Å². The minimum Gasteiger partial charge on any atom is -0.466 e. The Bertz CT molecular complexity index is 335. The van der Waals surface area contributed by atoms with Gasteiger partial charge in [0.05, 0.1) is 18.6 Å². The van der Waals surface area contributed by atoms with Crippen molar-refractivity contribution in [2.24, 2.45) is 5.92 Å². The van der Waals surface area contributed by atoms with E-state index >= 15 is 0 Å². The summed E-state index contributed by atoms with van der Waals surface area (Å²) in [7, 11) is 0. The number of hydroxylamine groups is 2. The second kappa shape index (κ2) is 5.66. The van der Waals surface area contributed by atoms with Gasteiger partial charge in [-0.25, -0.2) is 0 Å². The van der Waals surface area contributed by atoms with E-state index in [4.69, 9.17) is 9.57 Å². The molecule has 0 spiro atoms. The maximum atomic E-state index is 12.8. The van der Waals surface area contributed by atoms with Crippen molar-refractivity contribution in [1.29, 1.82) is 0 Å². The number of halogens is 3. The average molecular weight is 281 g/mol. The highest BCUT2D eigenvalue weighted by molar-refractivity contribution is 5.65. The Morgan fingerprint density at radius 2 is 2.21 bits per heavy atom. The molecule has 19 heavy (non-hydrogen) atoms. The Morgan fingerprint density at radius 3 is 2.84 bits per heavy atom. The molecule has 0 aliphatic carbocycles. The molecule has 0 saturated carbocycles. The lowest BCUT2D eigenvalue weighted by molar-refractivity contribution is -0.270. The Kier molecular flexibility index (Phi) is 4.35. The van der Waals surface area contributed by atoms with Gasteiger partial charge in [0, 0.05) is 19.5 Å². The molecule has 0 aromatic rings. The molecule has 7 heteroatoms. The third kappa shape index (κ3) is 3.60. The van der Waals surface area contributed by atoms with Crippen LogP contribution in [-0.4, -0.2) is 42.5 Å². The van der Waals surface area contributed by atoms with Gasteiger partial charge in [-0.2, -0.15) is 18.2 Å². The lowest BCUT2D eigenvalue weighted by Gasteiger charge is -2.32. The summed E-state index contributed by atoms with van der Waals surface area (Å²) in [5, 5.41) is 1.67. The number of alkyl halides is 3. The Labute approximate surface area is 109 Å². The first kappa shape index (κ1) is 14.6. The van der Waals surface area contributed by atoms with E-state index in [1.54, 1.807) is 5.06 Å². The summed E-state index contributed by atoms with van der Waals surface area (Å²) >= 11 is 0. The number of esters is 1. The quantitative estimate of drug-likeness (QED) is 0.585. The van der Waals surface area contributed by atoms with Gasteiger partial charge < -0.3 is 4.74 Å². The van der Waals surface area contributed by atoms with Gasteiger partial charge in [0.25, 0.3) is 0 Å². The lowest BCUT2D eigenvalue weighted by Crippen LogP contribution is -2.41. The third-order valence-corrected chi connectivity index (χ3v) is 3.70. The third-order valence-electron chi connectivity index (χ3n) is 3.70. The number of hydrogen-bond acceptors (Lipinski definition) is 4. The highest BCUT2D eigenvalue weighted by Crippen LogP contribution is 2.42. The normalized spacial score (nSPS) is 34.3. The predicted molar refractivity (Wildman–Crippen MR) is 60.0 cm³/mol. The summed E-state index contributed by atoms with van der Waals surface area (Å²) in [6.07, 6.45) is -3.07. The Morgan fingerprint density at radius 1 is 1.47 bits per heavy atom. The van der Waals surface area contributed by atoms with E-state index in [2.05, 4.69) is 0 Å². The van der Waals surface area contributed by atoms with Crippen LogP contribution < -0.4 is 0 Å². The molecule has 2 aliphatic rings. The van der Waals surface area contributed by atoms with Gasteiger partial charge in [0.1, 0.15) is 0 Å². The molecule has 2 heterocycles. The number of fused-ring (bicyclic) bond motifs is 2. The van der Waals surface area contributed by atoms with Crippen molar-refractivity contribution >= 4 is 5.97 Å². The molecule has 0 N–H and O–H groups in total. The van der Waals surface area contributed by atoms with Crippen LogP contribution in [0.15, 0.2) is 0 Å². The predicted octanol–water partition coefficient (Wildman–Crippen LogP) is 2.29. The van der Waals surface area contributed by atoms with Crippen LogP contribution in [0.1, 0.15) is 32.6 Å². The minimum absolute atomic E-state index is 0.00732. The van der Waals surface area contributed by atoms with Crippen LogP contribution in [0.5, 0.6) is 0 Å². The zero-order valence-corrected chi connectivity index (χ0v) is 10.8. The van der Waals surface area contributed by atoms with Crippen molar-refractivity contribution < 1.29 is 27.5 Å². The largest absolute Gasteiger partial charge is 0.466 e. The fourth-order valence-electron chi connectivity index (χ4n) is 2.79. The summed E-state index contributed by atoms with van der Waals surface area (Å²) in [5.74, 6) is -1.68. The maximum Gasteiger partial charge on any atom is 0.394 e. The van der Waals surface area contributed by atoms with Crippen molar-refractivity contribution in [2.45, 2.75) is 50.9 Å². The molecule has 0 amide bonds. The van der Waals surface area contributed by atoms with Gasteiger partial charge in [-0.05, 0) is 25.7 Å². The number of carbonyl (C=O) groups is 1. The molecule has 4 nitrogen and oxygen atoms in total. The molecule has 0 aromatic carbocycles. The second-order valence-electron chi connectivity index (χ2n) is 5.09. The summed E-state index contributed by atoms with van der Waals surface area (Å²) in [6, 6.07) is 0.00732.